The van der Waals surface area contributed by atoms with Crippen molar-refractivity contribution in [1.29, 1.82) is 0 Å². The zero-order valence-electron chi connectivity index (χ0n) is 21.6. The lowest BCUT2D eigenvalue weighted by molar-refractivity contribution is 0.0774. The minimum Gasteiger partial charge on any atom is -0.393 e. The second-order valence-corrected chi connectivity index (χ2v) is 10.8. The van der Waals surface area contributed by atoms with E-state index in [4.69, 9.17) is 0 Å². The van der Waals surface area contributed by atoms with Gasteiger partial charge in [0.1, 0.15) is 0 Å². The molecule has 2 heteroatoms. The highest BCUT2D eigenvalue weighted by atomic mass is 16.3. The number of aliphatic hydroxyl groups excluding tert-OH is 2. The average molecular weight is 459 g/mol. The summed E-state index contributed by atoms with van der Waals surface area (Å²) in [6, 6.07) is 10.3. The van der Waals surface area contributed by atoms with Gasteiger partial charge >= 0.3 is 0 Å². The fourth-order valence-corrected chi connectivity index (χ4v) is 5.60. The summed E-state index contributed by atoms with van der Waals surface area (Å²) in [5.74, 6) is 0.588. The Balaban J connectivity index is 1.29. The van der Waals surface area contributed by atoms with Gasteiger partial charge in [0.2, 0.25) is 0 Å². The van der Waals surface area contributed by atoms with E-state index in [2.05, 4.69) is 24.3 Å². The number of unbranched alkanes of at least 4 members (excludes halogenated alkanes) is 12. The van der Waals surface area contributed by atoms with E-state index in [0.29, 0.717) is 5.92 Å². The Kier molecular flexibility index (Phi) is 16.7. The summed E-state index contributed by atoms with van der Waals surface area (Å²) in [4.78, 5) is 0. The van der Waals surface area contributed by atoms with Gasteiger partial charge in [-0.1, -0.05) is 139 Å². The van der Waals surface area contributed by atoms with Gasteiger partial charge in [0.05, 0.1) is 12.2 Å². The molecular weight excluding hydrogens is 404 g/mol. The molecule has 0 heterocycles. The summed E-state index contributed by atoms with van der Waals surface area (Å²) in [7, 11) is 0. The van der Waals surface area contributed by atoms with Gasteiger partial charge in [0.15, 0.2) is 0 Å². The maximum Gasteiger partial charge on any atom is 0.0580 e. The topological polar surface area (TPSA) is 40.5 Å². The van der Waals surface area contributed by atoms with Crippen LogP contribution in [-0.2, 0) is 6.42 Å². The molecule has 2 rings (SSSR count). The Hall–Kier alpha value is -0.860. The summed E-state index contributed by atoms with van der Waals surface area (Å²) in [5.41, 5.74) is 1.25. The lowest BCUT2D eigenvalue weighted by atomic mass is 9.85. The van der Waals surface area contributed by atoms with Crippen LogP contribution in [0.1, 0.15) is 140 Å². The first-order valence-corrected chi connectivity index (χ1v) is 14.7. The predicted octanol–water partition coefficient (Wildman–Crippen LogP) is 8.77. The molecule has 0 aromatic heterocycles. The van der Waals surface area contributed by atoms with Crippen LogP contribution in [0.4, 0.5) is 0 Å². The summed E-state index contributed by atoms with van der Waals surface area (Å²) < 4.78 is 0. The Morgan fingerprint density at radius 2 is 1.15 bits per heavy atom. The second kappa shape index (κ2) is 19.4. The summed E-state index contributed by atoms with van der Waals surface area (Å²) in [5, 5.41) is 20.5. The Morgan fingerprint density at radius 3 is 1.76 bits per heavy atom. The molecule has 0 radical (unpaired) electrons. The third kappa shape index (κ3) is 14.9. The van der Waals surface area contributed by atoms with Crippen molar-refractivity contribution in [2.45, 2.75) is 153 Å². The van der Waals surface area contributed by atoms with Crippen molar-refractivity contribution >= 4 is 0 Å². The first-order chi connectivity index (χ1) is 16.3. The average Bonchev–Trinajstić information content (AvgIpc) is 2.81. The third-order valence-corrected chi connectivity index (χ3v) is 7.80. The molecule has 0 aliphatic heterocycles. The van der Waals surface area contributed by atoms with Gasteiger partial charge < -0.3 is 10.2 Å². The summed E-state index contributed by atoms with van der Waals surface area (Å²) in [6.45, 7) is 0. The van der Waals surface area contributed by atoms with Crippen LogP contribution in [0.15, 0.2) is 30.3 Å². The SMILES string of the molecule is OC(CCCCCCCCCCCCCCC[C@H]1CCCCCC[C@@H]1O)Cc1ccccc1. The zero-order valence-corrected chi connectivity index (χ0v) is 21.6. The number of aliphatic hydroxyl groups is 2. The molecule has 0 spiro atoms. The molecule has 1 fully saturated rings. The first kappa shape index (κ1) is 28.4. The van der Waals surface area contributed by atoms with Crippen LogP contribution < -0.4 is 0 Å². The van der Waals surface area contributed by atoms with E-state index in [1.165, 1.54) is 121 Å². The molecule has 1 aromatic carbocycles. The summed E-state index contributed by atoms with van der Waals surface area (Å²) >= 11 is 0. The van der Waals surface area contributed by atoms with Crippen molar-refractivity contribution in [3.05, 3.63) is 35.9 Å². The normalized spacial score (nSPS) is 20.3. The Labute approximate surface area is 205 Å². The standard InChI is InChI=1S/C31H54O2/c32-30(27-28-21-15-14-16-22-28)25-19-11-9-7-5-3-1-2-4-6-8-10-17-23-29-24-18-12-13-20-26-31(29)33/h14-16,21-22,29-33H,1-13,17-20,23-27H2/t29-,30?,31-/m0/s1. The minimum absolute atomic E-state index is 0.0171. The largest absolute Gasteiger partial charge is 0.393 e. The highest BCUT2D eigenvalue weighted by Gasteiger charge is 2.19. The molecule has 0 saturated heterocycles. The Bertz CT molecular complexity index is 543. The van der Waals surface area contributed by atoms with E-state index in [0.717, 1.165) is 25.7 Å². The van der Waals surface area contributed by atoms with Gasteiger partial charge in [-0.15, -0.1) is 0 Å². The predicted molar refractivity (Wildman–Crippen MR) is 143 cm³/mol. The zero-order chi connectivity index (χ0) is 23.4. The van der Waals surface area contributed by atoms with Crippen LogP contribution in [-0.4, -0.2) is 22.4 Å². The van der Waals surface area contributed by atoms with Crippen LogP contribution in [0.3, 0.4) is 0 Å². The van der Waals surface area contributed by atoms with E-state index >= 15 is 0 Å². The molecule has 190 valence electrons. The van der Waals surface area contributed by atoms with Crippen LogP contribution in [0, 0.1) is 5.92 Å². The van der Waals surface area contributed by atoms with Gasteiger partial charge in [-0.05, 0) is 43.6 Å². The van der Waals surface area contributed by atoms with E-state index in [1.54, 1.807) is 0 Å². The van der Waals surface area contributed by atoms with Crippen LogP contribution >= 0.6 is 0 Å². The van der Waals surface area contributed by atoms with E-state index in [9.17, 15) is 10.2 Å². The lowest BCUT2D eigenvalue weighted by Gasteiger charge is -2.25. The summed E-state index contributed by atoms with van der Waals surface area (Å²) in [6.07, 6.45) is 28.0. The van der Waals surface area contributed by atoms with Gasteiger partial charge in [0, 0.05) is 0 Å². The Morgan fingerprint density at radius 1 is 0.636 bits per heavy atom. The molecule has 1 aliphatic rings. The quantitative estimate of drug-likeness (QED) is 0.216. The van der Waals surface area contributed by atoms with Gasteiger partial charge in [-0.3, -0.25) is 0 Å². The number of benzene rings is 1. The van der Waals surface area contributed by atoms with Crippen LogP contribution in [0.2, 0.25) is 0 Å². The molecule has 1 aliphatic carbocycles. The maximum atomic E-state index is 10.3. The van der Waals surface area contributed by atoms with Gasteiger partial charge in [0.25, 0.3) is 0 Å². The molecule has 0 amide bonds. The smallest absolute Gasteiger partial charge is 0.0580 e. The molecule has 3 atom stereocenters. The number of hydrogen-bond donors (Lipinski definition) is 2. The molecule has 2 nitrogen and oxygen atoms in total. The van der Waals surface area contributed by atoms with Gasteiger partial charge in [-0.2, -0.15) is 0 Å². The van der Waals surface area contributed by atoms with E-state index in [1.807, 2.05) is 6.07 Å². The van der Waals surface area contributed by atoms with Crippen molar-refractivity contribution in [3.63, 3.8) is 0 Å². The van der Waals surface area contributed by atoms with E-state index in [-0.39, 0.29) is 12.2 Å². The molecule has 1 saturated carbocycles. The fraction of sp³-hybridized carbons (Fsp3) is 0.806. The van der Waals surface area contributed by atoms with Crippen molar-refractivity contribution in [2.24, 2.45) is 5.92 Å². The molecule has 2 N–H and O–H groups in total. The number of rotatable bonds is 18. The maximum absolute atomic E-state index is 10.3. The van der Waals surface area contributed by atoms with Crippen LogP contribution in [0.25, 0.3) is 0 Å². The highest BCUT2D eigenvalue weighted by Crippen LogP contribution is 2.27. The molecular formula is C31H54O2. The molecule has 33 heavy (non-hydrogen) atoms. The van der Waals surface area contributed by atoms with Crippen molar-refractivity contribution in [3.8, 4) is 0 Å². The van der Waals surface area contributed by atoms with Crippen molar-refractivity contribution < 1.29 is 10.2 Å². The first-order valence-electron chi connectivity index (χ1n) is 14.7. The molecule has 1 unspecified atom stereocenters. The van der Waals surface area contributed by atoms with E-state index < -0.39 is 0 Å². The lowest BCUT2D eigenvalue weighted by Crippen LogP contribution is -2.21. The fourth-order valence-electron chi connectivity index (χ4n) is 5.60. The highest BCUT2D eigenvalue weighted by molar-refractivity contribution is 5.15. The molecule has 1 aromatic rings. The van der Waals surface area contributed by atoms with Gasteiger partial charge in [-0.25, -0.2) is 0 Å². The minimum atomic E-state index is -0.180. The van der Waals surface area contributed by atoms with Crippen molar-refractivity contribution in [2.75, 3.05) is 0 Å². The molecule has 0 bridgehead atoms. The second-order valence-electron chi connectivity index (χ2n) is 10.8. The number of hydrogen-bond acceptors (Lipinski definition) is 2. The monoisotopic (exact) mass is 458 g/mol. The van der Waals surface area contributed by atoms with Crippen LogP contribution in [0.5, 0.6) is 0 Å². The van der Waals surface area contributed by atoms with Crippen molar-refractivity contribution in [1.82, 2.24) is 0 Å². The third-order valence-electron chi connectivity index (χ3n) is 7.80.